The molecule has 0 aromatic heterocycles. The van der Waals surface area contributed by atoms with Crippen molar-refractivity contribution in [3.63, 3.8) is 0 Å². The second-order valence-corrected chi connectivity index (χ2v) is 7.20. The standard InChI is InChI=1S/C22H20BrNO5/c1-4-29-17-8-6-16(7-9-17)24-13(2)20(22(27)28-3)18(21(24)26)12-14-11-15(23)5-10-19(14)25/h5-12,25H,4H2,1-3H3/b18-12-. The number of amides is 1. The second kappa shape index (κ2) is 8.53. The average Bonchev–Trinajstić information content (AvgIpc) is 2.95. The molecule has 0 saturated heterocycles. The average molecular weight is 458 g/mol. The Bertz CT molecular complexity index is 1020. The lowest BCUT2D eigenvalue weighted by molar-refractivity contribution is -0.136. The maximum Gasteiger partial charge on any atom is 0.340 e. The fourth-order valence-electron chi connectivity index (χ4n) is 3.15. The van der Waals surface area contributed by atoms with E-state index in [1.807, 2.05) is 6.92 Å². The SMILES string of the molecule is CCOc1ccc(N2C(=O)/C(=C\c3cc(Br)ccc3O)C(C(=O)OC)=C2C)cc1. The Morgan fingerprint density at radius 2 is 1.90 bits per heavy atom. The van der Waals surface area contributed by atoms with Gasteiger partial charge in [-0.05, 0) is 62.4 Å². The van der Waals surface area contributed by atoms with Crippen molar-refractivity contribution >= 4 is 39.6 Å². The third kappa shape index (κ3) is 4.05. The number of hydrogen-bond acceptors (Lipinski definition) is 5. The van der Waals surface area contributed by atoms with Gasteiger partial charge < -0.3 is 14.6 Å². The molecule has 2 aromatic rings. The molecule has 0 fully saturated rings. The van der Waals surface area contributed by atoms with Gasteiger partial charge in [-0.2, -0.15) is 0 Å². The summed E-state index contributed by atoms with van der Waals surface area (Å²) in [5.74, 6) is -0.320. The topological polar surface area (TPSA) is 76.1 Å². The zero-order chi connectivity index (χ0) is 21.1. The van der Waals surface area contributed by atoms with Crippen LogP contribution in [-0.4, -0.2) is 30.7 Å². The van der Waals surface area contributed by atoms with E-state index in [-0.39, 0.29) is 22.8 Å². The van der Waals surface area contributed by atoms with Crippen molar-refractivity contribution in [1.82, 2.24) is 0 Å². The smallest absolute Gasteiger partial charge is 0.340 e. The van der Waals surface area contributed by atoms with Crippen molar-refractivity contribution in [2.75, 3.05) is 18.6 Å². The van der Waals surface area contributed by atoms with Crippen LogP contribution in [-0.2, 0) is 14.3 Å². The summed E-state index contributed by atoms with van der Waals surface area (Å²) in [6.07, 6.45) is 1.49. The minimum Gasteiger partial charge on any atom is -0.507 e. The summed E-state index contributed by atoms with van der Waals surface area (Å²) < 4.78 is 11.1. The van der Waals surface area contributed by atoms with Crippen molar-refractivity contribution in [3.05, 3.63) is 69.3 Å². The second-order valence-electron chi connectivity index (χ2n) is 6.28. The molecule has 7 heteroatoms. The molecule has 3 rings (SSSR count). The number of anilines is 1. The molecule has 0 bridgehead atoms. The van der Waals surface area contributed by atoms with Crippen molar-refractivity contribution in [3.8, 4) is 11.5 Å². The van der Waals surface area contributed by atoms with Crippen LogP contribution in [0.25, 0.3) is 6.08 Å². The highest BCUT2D eigenvalue weighted by molar-refractivity contribution is 9.10. The zero-order valence-electron chi connectivity index (χ0n) is 16.2. The number of carbonyl (C=O) groups excluding carboxylic acids is 2. The number of carbonyl (C=O) groups is 2. The van der Waals surface area contributed by atoms with E-state index in [0.717, 1.165) is 4.47 Å². The summed E-state index contributed by atoms with van der Waals surface area (Å²) in [4.78, 5) is 27.1. The van der Waals surface area contributed by atoms with Crippen LogP contribution in [0.5, 0.6) is 11.5 Å². The van der Waals surface area contributed by atoms with Gasteiger partial charge in [-0.1, -0.05) is 15.9 Å². The summed E-state index contributed by atoms with van der Waals surface area (Å²) in [7, 11) is 1.26. The molecule has 1 heterocycles. The lowest BCUT2D eigenvalue weighted by atomic mass is 10.0. The molecule has 1 aliphatic heterocycles. The van der Waals surface area contributed by atoms with Gasteiger partial charge in [0.25, 0.3) is 5.91 Å². The molecule has 2 aromatic carbocycles. The number of phenols is 1. The number of allylic oxidation sites excluding steroid dienone is 1. The lowest BCUT2D eigenvalue weighted by Gasteiger charge is -2.18. The first-order valence-corrected chi connectivity index (χ1v) is 9.73. The first-order valence-electron chi connectivity index (χ1n) is 8.94. The van der Waals surface area contributed by atoms with E-state index in [4.69, 9.17) is 9.47 Å². The number of benzene rings is 2. The monoisotopic (exact) mass is 457 g/mol. The Hall–Kier alpha value is -3.06. The van der Waals surface area contributed by atoms with Gasteiger partial charge in [0, 0.05) is 21.4 Å². The molecule has 6 nitrogen and oxygen atoms in total. The van der Waals surface area contributed by atoms with Gasteiger partial charge in [-0.25, -0.2) is 4.79 Å². The van der Waals surface area contributed by atoms with E-state index in [1.165, 1.54) is 24.2 Å². The molecule has 150 valence electrons. The van der Waals surface area contributed by atoms with Crippen molar-refractivity contribution in [2.24, 2.45) is 0 Å². The van der Waals surface area contributed by atoms with Crippen LogP contribution in [0.2, 0.25) is 0 Å². The van der Waals surface area contributed by atoms with Crippen LogP contribution < -0.4 is 9.64 Å². The number of hydrogen-bond donors (Lipinski definition) is 1. The van der Waals surface area contributed by atoms with E-state index in [9.17, 15) is 14.7 Å². The van der Waals surface area contributed by atoms with Gasteiger partial charge in [0.2, 0.25) is 0 Å². The molecule has 0 unspecified atom stereocenters. The van der Waals surface area contributed by atoms with Gasteiger partial charge in [-0.15, -0.1) is 0 Å². The molecule has 0 saturated carbocycles. The quantitative estimate of drug-likeness (QED) is 0.530. The largest absolute Gasteiger partial charge is 0.507 e. The van der Waals surface area contributed by atoms with Gasteiger partial charge in [0.1, 0.15) is 11.5 Å². The molecule has 29 heavy (non-hydrogen) atoms. The van der Waals surface area contributed by atoms with E-state index >= 15 is 0 Å². The number of phenolic OH excluding ortho intramolecular Hbond substituents is 1. The Kier molecular flexibility index (Phi) is 6.08. The molecule has 1 N–H and O–H groups in total. The highest BCUT2D eigenvalue weighted by Crippen LogP contribution is 2.37. The highest BCUT2D eigenvalue weighted by Gasteiger charge is 2.38. The molecular formula is C22H20BrNO5. The predicted molar refractivity (Wildman–Crippen MR) is 114 cm³/mol. The molecular weight excluding hydrogens is 438 g/mol. The summed E-state index contributed by atoms with van der Waals surface area (Å²) in [5, 5.41) is 10.2. The van der Waals surface area contributed by atoms with E-state index in [1.54, 1.807) is 43.3 Å². The van der Waals surface area contributed by atoms with Gasteiger partial charge in [0.05, 0.1) is 24.9 Å². The molecule has 0 spiro atoms. The molecule has 0 radical (unpaired) electrons. The number of esters is 1. The molecule has 0 atom stereocenters. The first-order chi connectivity index (χ1) is 13.9. The zero-order valence-corrected chi connectivity index (χ0v) is 17.8. The molecule has 0 aliphatic carbocycles. The van der Waals surface area contributed by atoms with Crippen LogP contribution in [0, 0.1) is 0 Å². The fraction of sp³-hybridized carbons (Fsp3) is 0.182. The van der Waals surface area contributed by atoms with Crippen LogP contribution in [0.3, 0.4) is 0 Å². The Labute approximate surface area is 177 Å². The predicted octanol–water partition coefficient (Wildman–Crippen LogP) is 4.43. The Balaban J connectivity index is 2.10. The highest BCUT2D eigenvalue weighted by atomic mass is 79.9. The number of methoxy groups -OCH3 is 1. The number of halogens is 1. The van der Waals surface area contributed by atoms with Gasteiger partial charge >= 0.3 is 5.97 Å². The van der Waals surface area contributed by atoms with Crippen molar-refractivity contribution in [1.29, 1.82) is 0 Å². The minimum absolute atomic E-state index is 0.00474. The third-order valence-electron chi connectivity index (χ3n) is 4.48. The number of aromatic hydroxyl groups is 1. The summed E-state index contributed by atoms with van der Waals surface area (Å²) >= 11 is 3.35. The Morgan fingerprint density at radius 1 is 1.21 bits per heavy atom. The van der Waals surface area contributed by atoms with Gasteiger partial charge in [-0.3, -0.25) is 9.69 Å². The summed E-state index contributed by atoms with van der Waals surface area (Å²) in [6.45, 7) is 4.11. The maximum atomic E-state index is 13.2. The van der Waals surface area contributed by atoms with E-state index < -0.39 is 5.97 Å². The first kappa shape index (κ1) is 20.7. The van der Waals surface area contributed by atoms with Crippen LogP contribution in [0.1, 0.15) is 19.4 Å². The van der Waals surface area contributed by atoms with E-state index in [2.05, 4.69) is 15.9 Å². The number of nitrogens with zero attached hydrogens (tertiary/aromatic N) is 1. The minimum atomic E-state index is -0.620. The fourth-order valence-corrected chi connectivity index (χ4v) is 3.52. The normalized spacial score (nSPS) is 15.2. The number of ether oxygens (including phenoxy) is 2. The molecule has 1 aliphatic rings. The Morgan fingerprint density at radius 3 is 2.52 bits per heavy atom. The van der Waals surface area contributed by atoms with Crippen LogP contribution >= 0.6 is 15.9 Å². The summed E-state index contributed by atoms with van der Waals surface area (Å²) in [5.41, 5.74) is 1.76. The lowest BCUT2D eigenvalue weighted by Crippen LogP contribution is -2.24. The summed E-state index contributed by atoms with van der Waals surface area (Å²) in [6, 6.07) is 11.9. The number of rotatable bonds is 5. The van der Waals surface area contributed by atoms with Crippen LogP contribution in [0.4, 0.5) is 5.69 Å². The third-order valence-corrected chi connectivity index (χ3v) is 4.98. The van der Waals surface area contributed by atoms with Crippen molar-refractivity contribution in [2.45, 2.75) is 13.8 Å². The van der Waals surface area contributed by atoms with E-state index in [0.29, 0.717) is 29.3 Å². The maximum absolute atomic E-state index is 13.2. The van der Waals surface area contributed by atoms with Crippen molar-refractivity contribution < 1.29 is 24.2 Å². The molecule has 1 amide bonds. The van der Waals surface area contributed by atoms with Gasteiger partial charge in [0.15, 0.2) is 0 Å². The van der Waals surface area contributed by atoms with Crippen LogP contribution in [0.15, 0.2) is 63.8 Å².